The fraction of sp³-hybridized carbons (Fsp3) is 0.0638. The molecule has 1 heteroatoms. The van der Waals surface area contributed by atoms with E-state index >= 15 is 0 Å². The second kappa shape index (κ2) is 11.1. The van der Waals surface area contributed by atoms with Gasteiger partial charge in [0, 0.05) is 22.5 Å². The van der Waals surface area contributed by atoms with Crippen LogP contribution in [0.5, 0.6) is 0 Å². The molecule has 0 N–H and O–H groups in total. The van der Waals surface area contributed by atoms with Crippen molar-refractivity contribution in [3.8, 4) is 33.4 Å². The molecule has 0 unspecified atom stereocenters. The first-order valence-electron chi connectivity index (χ1n) is 16.8. The molecule has 48 heavy (non-hydrogen) atoms. The molecule has 0 atom stereocenters. The van der Waals surface area contributed by atoms with Crippen LogP contribution in [0, 0.1) is 0 Å². The molecule has 0 saturated carbocycles. The van der Waals surface area contributed by atoms with E-state index < -0.39 is 0 Å². The zero-order chi connectivity index (χ0) is 32.2. The van der Waals surface area contributed by atoms with E-state index in [1.54, 1.807) is 0 Å². The predicted molar refractivity (Wildman–Crippen MR) is 205 cm³/mol. The van der Waals surface area contributed by atoms with Gasteiger partial charge in [-0.1, -0.05) is 147 Å². The van der Waals surface area contributed by atoms with Crippen LogP contribution in [0.1, 0.15) is 25.0 Å². The van der Waals surface area contributed by atoms with Gasteiger partial charge >= 0.3 is 0 Å². The molecule has 8 aromatic rings. The van der Waals surface area contributed by atoms with E-state index in [4.69, 9.17) is 0 Å². The van der Waals surface area contributed by atoms with E-state index in [0.717, 1.165) is 17.1 Å². The van der Waals surface area contributed by atoms with Gasteiger partial charge in [0.1, 0.15) is 0 Å². The van der Waals surface area contributed by atoms with Crippen LogP contribution in [0.3, 0.4) is 0 Å². The fourth-order valence-electron chi connectivity index (χ4n) is 7.83. The lowest BCUT2D eigenvalue weighted by molar-refractivity contribution is 0.660. The Labute approximate surface area is 282 Å². The summed E-state index contributed by atoms with van der Waals surface area (Å²) in [5, 5.41) is 5.11. The molecule has 0 amide bonds. The lowest BCUT2D eigenvalue weighted by Crippen LogP contribution is -2.15. The number of anilines is 3. The highest BCUT2D eigenvalue weighted by Gasteiger charge is 2.35. The first-order chi connectivity index (χ1) is 23.6. The third kappa shape index (κ3) is 4.54. The van der Waals surface area contributed by atoms with Gasteiger partial charge in [0.25, 0.3) is 0 Å². The van der Waals surface area contributed by atoms with Crippen LogP contribution in [-0.4, -0.2) is 0 Å². The number of hydrogen-bond donors (Lipinski definition) is 0. The minimum atomic E-state index is -0.0349. The second-order valence-electron chi connectivity index (χ2n) is 13.4. The van der Waals surface area contributed by atoms with Crippen LogP contribution in [-0.2, 0) is 5.41 Å². The summed E-state index contributed by atoms with van der Waals surface area (Å²) in [4.78, 5) is 2.41. The minimum Gasteiger partial charge on any atom is -0.310 e. The molecule has 0 radical (unpaired) electrons. The molecule has 228 valence electrons. The maximum absolute atomic E-state index is 2.41. The minimum absolute atomic E-state index is 0.0349. The van der Waals surface area contributed by atoms with Crippen LogP contribution in [0.2, 0.25) is 0 Å². The Morgan fingerprint density at radius 1 is 0.354 bits per heavy atom. The van der Waals surface area contributed by atoms with Crippen LogP contribution >= 0.6 is 0 Å². The van der Waals surface area contributed by atoms with Crippen LogP contribution in [0.4, 0.5) is 17.1 Å². The van der Waals surface area contributed by atoms with Gasteiger partial charge in [0.2, 0.25) is 0 Å². The fourth-order valence-corrected chi connectivity index (χ4v) is 7.83. The quantitative estimate of drug-likeness (QED) is 0.175. The van der Waals surface area contributed by atoms with Crippen molar-refractivity contribution < 1.29 is 0 Å². The summed E-state index contributed by atoms with van der Waals surface area (Å²) in [6.07, 6.45) is 0. The highest BCUT2D eigenvalue weighted by Crippen LogP contribution is 2.50. The van der Waals surface area contributed by atoms with Crippen molar-refractivity contribution in [2.75, 3.05) is 4.90 Å². The summed E-state index contributed by atoms with van der Waals surface area (Å²) in [5.41, 5.74) is 13.7. The Kier molecular flexibility index (Phi) is 6.55. The maximum atomic E-state index is 2.41. The monoisotopic (exact) mass is 613 g/mol. The largest absolute Gasteiger partial charge is 0.310 e. The van der Waals surface area contributed by atoms with Crippen LogP contribution in [0.25, 0.3) is 54.9 Å². The van der Waals surface area contributed by atoms with Gasteiger partial charge in [0.05, 0.1) is 0 Å². The molecule has 0 bridgehead atoms. The molecule has 0 aliphatic heterocycles. The van der Waals surface area contributed by atoms with Crippen LogP contribution < -0.4 is 4.90 Å². The lowest BCUT2D eigenvalue weighted by atomic mass is 9.82. The number of nitrogens with zero attached hydrogens (tertiary/aromatic N) is 1. The third-order valence-corrected chi connectivity index (χ3v) is 10.2. The van der Waals surface area contributed by atoms with Crippen molar-refractivity contribution in [1.82, 2.24) is 0 Å². The van der Waals surface area contributed by atoms with Crippen molar-refractivity contribution in [3.05, 3.63) is 187 Å². The van der Waals surface area contributed by atoms with Crippen molar-refractivity contribution in [2.45, 2.75) is 19.3 Å². The Balaban J connectivity index is 1.20. The molecule has 0 spiro atoms. The predicted octanol–water partition coefficient (Wildman–Crippen LogP) is 13.1. The lowest BCUT2D eigenvalue weighted by Gasteiger charge is -2.28. The molecule has 9 rings (SSSR count). The zero-order valence-corrected chi connectivity index (χ0v) is 27.2. The first-order valence-corrected chi connectivity index (χ1v) is 16.8. The Morgan fingerprint density at radius 3 is 1.81 bits per heavy atom. The van der Waals surface area contributed by atoms with E-state index in [1.807, 2.05) is 0 Å². The van der Waals surface area contributed by atoms with Crippen LogP contribution in [0.15, 0.2) is 176 Å². The molecule has 0 heterocycles. The van der Waals surface area contributed by atoms with E-state index in [1.165, 1.54) is 66.1 Å². The average Bonchev–Trinajstić information content (AvgIpc) is 3.38. The SMILES string of the molecule is CC1(C)c2ccccc2-c2cc(N(c3ccc(-c4cc5ccccc5c5ccccc45)cc3)c3cccc(-c4ccccc4)c3)ccc21. The summed E-state index contributed by atoms with van der Waals surface area (Å²) in [5.74, 6) is 0. The molecular formula is C47H35N. The summed E-state index contributed by atoms with van der Waals surface area (Å²) in [7, 11) is 0. The highest BCUT2D eigenvalue weighted by atomic mass is 15.1. The molecule has 1 aliphatic rings. The van der Waals surface area contributed by atoms with E-state index in [2.05, 4.69) is 195 Å². The van der Waals surface area contributed by atoms with Crippen molar-refractivity contribution in [1.29, 1.82) is 0 Å². The van der Waals surface area contributed by atoms with Crippen molar-refractivity contribution in [2.24, 2.45) is 0 Å². The molecule has 0 saturated heterocycles. The Morgan fingerprint density at radius 2 is 0.979 bits per heavy atom. The number of hydrogen-bond acceptors (Lipinski definition) is 1. The van der Waals surface area contributed by atoms with E-state index in [0.29, 0.717) is 0 Å². The van der Waals surface area contributed by atoms with Gasteiger partial charge in [-0.15, -0.1) is 0 Å². The molecule has 1 nitrogen and oxygen atoms in total. The Bertz CT molecular complexity index is 2470. The normalized spacial score (nSPS) is 13.0. The first kappa shape index (κ1) is 28.3. The number of benzene rings is 8. The topological polar surface area (TPSA) is 3.24 Å². The molecule has 0 fully saturated rings. The van der Waals surface area contributed by atoms with E-state index in [-0.39, 0.29) is 5.41 Å². The summed E-state index contributed by atoms with van der Waals surface area (Å²) in [6, 6.07) is 64.4. The molecule has 8 aromatic carbocycles. The average molecular weight is 614 g/mol. The van der Waals surface area contributed by atoms with Gasteiger partial charge in [-0.25, -0.2) is 0 Å². The van der Waals surface area contributed by atoms with Gasteiger partial charge in [-0.2, -0.15) is 0 Å². The molecular weight excluding hydrogens is 579 g/mol. The zero-order valence-electron chi connectivity index (χ0n) is 27.2. The number of fused-ring (bicyclic) bond motifs is 6. The number of rotatable bonds is 5. The van der Waals surface area contributed by atoms with E-state index in [9.17, 15) is 0 Å². The standard InChI is InChI=1S/C47H35N/c1-47(2)45-22-11-10-21-42(45)44-31-38(27-28-46(44)47)48(37-17-12-16-34(29-37)32-13-4-3-5-14-32)36-25-23-33(24-26-36)43-30-35-15-6-7-18-39(35)40-19-8-9-20-41(40)43/h3-31H,1-2H3. The second-order valence-corrected chi connectivity index (χ2v) is 13.4. The molecule has 0 aromatic heterocycles. The summed E-state index contributed by atoms with van der Waals surface area (Å²) < 4.78 is 0. The molecule has 1 aliphatic carbocycles. The Hall–Kier alpha value is -5.92. The summed E-state index contributed by atoms with van der Waals surface area (Å²) in [6.45, 7) is 4.68. The van der Waals surface area contributed by atoms with Gasteiger partial charge in [0.15, 0.2) is 0 Å². The van der Waals surface area contributed by atoms with Crippen molar-refractivity contribution in [3.63, 3.8) is 0 Å². The van der Waals surface area contributed by atoms with Gasteiger partial charge < -0.3 is 4.90 Å². The summed E-state index contributed by atoms with van der Waals surface area (Å²) >= 11 is 0. The van der Waals surface area contributed by atoms with Gasteiger partial charge in [-0.3, -0.25) is 0 Å². The van der Waals surface area contributed by atoms with Crippen molar-refractivity contribution >= 4 is 38.6 Å². The smallest absolute Gasteiger partial charge is 0.0468 e. The van der Waals surface area contributed by atoms with Gasteiger partial charge in [-0.05, 0) is 109 Å². The third-order valence-electron chi connectivity index (χ3n) is 10.2. The highest BCUT2D eigenvalue weighted by molar-refractivity contribution is 6.13. The maximum Gasteiger partial charge on any atom is 0.0468 e.